The van der Waals surface area contributed by atoms with Gasteiger partial charge in [-0.05, 0) is 30.1 Å². The Kier molecular flexibility index (Phi) is 5.94. The number of Topliss-reactive ketones (excluding diaryl/α,β-unsaturated/α-hetero) is 1. The Morgan fingerprint density at radius 2 is 1.63 bits per heavy atom. The number of non-ortho nitro benzene ring substituents is 1. The van der Waals surface area contributed by atoms with Crippen LogP contribution in [0.15, 0.2) is 57.6 Å². The Labute approximate surface area is 157 Å². The second-order valence-corrected chi connectivity index (χ2v) is 8.17. The van der Waals surface area contributed by atoms with Gasteiger partial charge in [-0.15, -0.1) is 0 Å². The lowest BCUT2D eigenvalue weighted by Gasteiger charge is -2.19. The summed E-state index contributed by atoms with van der Waals surface area (Å²) >= 11 is 0. The van der Waals surface area contributed by atoms with Crippen molar-refractivity contribution in [1.29, 1.82) is 0 Å². The van der Waals surface area contributed by atoms with Crippen molar-refractivity contribution in [2.24, 2.45) is 17.0 Å². The van der Waals surface area contributed by atoms with E-state index in [-0.39, 0.29) is 33.9 Å². The van der Waals surface area contributed by atoms with Gasteiger partial charge in [0.25, 0.3) is 5.69 Å². The molecule has 0 N–H and O–H groups in total. The van der Waals surface area contributed by atoms with E-state index in [0.717, 1.165) is 6.07 Å². The molecule has 144 valence electrons. The van der Waals surface area contributed by atoms with Gasteiger partial charge >= 0.3 is 10.1 Å². The van der Waals surface area contributed by atoms with Crippen molar-refractivity contribution >= 4 is 27.3 Å². The molecule has 2 rings (SSSR count). The van der Waals surface area contributed by atoms with Crippen LogP contribution in [0, 0.1) is 22.0 Å². The van der Waals surface area contributed by atoms with E-state index in [0.29, 0.717) is 11.1 Å². The minimum absolute atomic E-state index is 0.0708. The van der Waals surface area contributed by atoms with Crippen LogP contribution in [0.1, 0.15) is 27.7 Å². The molecule has 1 aromatic rings. The summed E-state index contributed by atoms with van der Waals surface area (Å²) in [7, 11) is -4.34. The van der Waals surface area contributed by atoms with Crippen molar-refractivity contribution in [1.82, 2.24) is 0 Å². The van der Waals surface area contributed by atoms with Crippen molar-refractivity contribution in [2.75, 3.05) is 0 Å². The van der Waals surface area contributed by atoms with Crippen LogP contribution in [0.4, 0.5) is 5.69 Å². The van der Waals surface area contributed by atoms with Gasteiger partial charge in [0.15, 0.2) is 5.78 Å². The minimum atomic E-state index is -4.34. The molecular weight excluding hydrogens is 372 g/mol. The Bertz CT molecular complexity index is 941. The number of rotatable bonds is 6. The van der Waals surface area contributed by atoms with Gasteiger partial charge in [-0.3, -0.25) is 19.2 Å². The zero-order chi connectivity index (χ0) is 20.4. The quantitative estimate of drug-likeness (QED) is 0.416. The first-order valence-electron chi connectivity index (χ1n) is 8.27. The van der Waals surface area contributed by atoms with Gasteiger partial charge in [-0.1, -0.05) is 38.9 Å². The van der Waals surface area contributed by atoms with Crippen molar-refractivity contribution in [2.45, 2.75) is 32.6 Å². The van der Waals surface area contributed by atoms with E-state index in [1.165, 1.54) is 30.4 Å². The van der Waals surface area contributed by atoms with Crippen molar-refractivity contribution in [3.63, 3.8) is 0 Å². The predicted molar refractivity (Wildman–Crippen MR) is 99.7 cm³/mol. The zero-order valence-electron chi connectivity index (χ0n) is 15.4. The monoisotopic (exact) mass is 392 g/mol. The molecule has 0 unspecified atom stereocenters. The molecule has 0 heterocycles. The first-order valence-corrected chi connectivity index (χ1v) is 9.67. The average molecular weight is 392 g/mol. The predicted octanol–water partition coefficient (Wildman–Crippen LogP) is 3.40. The van der Waals surface area contributed by atoms with Gasteiger partial charge in [-0.25, -0.2) is 0 Å². The van der Waals surface area contributed by atoms with E-state index in [1.807, 2.05) is 27.7 Å². The van der Waals surface area contributed by atoms with Gasteiger partial charge < -0.3 is 0 Å². The number of oxime groups is 1. The Morgan fingerprint density at radius 3 is 2.11 bits per heavy atom. The molecule has 0 radical (unpaired) electrons. The summed E-state index contributed by atoms with van der Waals surface area (Å²) in [5.41, 5.74) is 0.836. The summed E-state index contributed by atoms with van der Waals surface area (Å²) in [6, 6.07) is 4.49. The van der Waals surface area contributed by atoms with Gasteiger partial charge in [0, 0.05) is 23.3 Å². The van der Waals surface area contributed by atoms with E-state index in [4.69, 9.17) is 4.28 Å². The van der Waals surface area contributed by atoms with E-state index < -0.39 is 15.0 Å². The van der Waals surface area contributed by atoms with Gasteiger partial charge in [0.2, 0.25) is 0 Å². The van der Waals surface area contributed by atoms with Crippen LogP contribution in [0.3, 0.4) is 0 Å². The van der Waals surface area contributed by atoms with Crippen molar-refractivity contribution in [3.05, 3.63) is 57.7 Å². The van der Waals surface area contributed by atoms with E-state index in [9.17, 15) is 23.3 Å². The van der Waals surface area contributed by atoms with Crippen LogP contribution in [0.25, 0.3) is 0 Å². The number of nitro benzene ring substituents is 1. The lowest BCUT2D eigenvalue weighted by Crippen LogP contribution is -2.21. The van der Waals surface area contributed by atoms with Crippen LogP contribution < -0.4 is 0 Å². The maximum Gasteiger partial charge on any atom is 0.358 e. The summed E-state index contributed by atoms with van der Waals surface area (Å²) < 4.78 is 29.3. The third-order valence-corrected chi connectivity index (χ3v) is 5.04. The third-order valence-electron chi connectivity index (χ3n) is 3.93. The molecule has 9 heteroatoms. The number of hydrogen-bond acceptors (Lipinski definition) is 7. The molecule has 0 saturated carbocycles. The number of hydrogen-bond donors (Lipinski definition) is 0. The summed E-state index contributed by atoms with van der Waals surface area (Å²) in [6.07, 6.45) is 2.98. The first kappa shape index (κ1) is 20.5. The average Bonchev–Trinajstić information content (AvgIpc) is 2.60. The maximum absolute atomic E-state index is 12.5. The van der Waals surface area contributed by atoms with Crippen LogP contribution >= 0.6 is 0 Å². The Morgan fingerprint density at radius 1 is 1.07 bits per heavy atom. The molecular formula is C18H20N2O6S. The molecule has 1 aliphatic rings. The Balaban J connectivity index is 2.38. The van der Waals surface area contributed by atoms with Crippen molar-refractivity contribution in [3.8, 4) is 0 Å². The molecule has 1 aliphatic carbocycles. The number of nitrogens with zero attached hydrogens (tertiary/aromatic N) is 2. The topological polar surface area (TPSA) is 116 Å². The highest BCUT2D eigenvalue weighted by molar-refractivity contribution is 7.86. The number of benzene rings is 1. The van der Waals surface area contributed by atoms with E-state index in [1.54, 1.807) is 0 Å². The molecule has 8 nitrogen and oxygen atoms in total. The lowest BCUT2D eigenvalue weighted by atomic mass is 9.84. The molecule has 0 fully saturated rings. The Hall–Kier alpha value is -2.81. The zero-order valence-corrected chi connectivity index (χ0v) is 16.2. The summed E-state index contributed by atoms with van der Waals surface area (Å²) in [5.74, 6) is -0.238. The summed E-state index contributed by atoms with van der Waals surface area (Å²) in [4.78, 5) is 22.2. The highest BCUT2D eigenvalue weighted by atomic mass is 32.2. The highest BCUT2D eigenvalue weighted by Gasteiger charge is 2.26. The largest absolute Gasteiger partial charge is 0.358 e. The minimum Gasteiger partial charge on any atom is -0.289 e. The van der Waals surface area contributed by atoms with Crippen LogP contribution in [0.2, 0.25) is 0 Å². The van der Waals surface area contributed by atoms with Crippen LogP contribution in [0.5, 0.6) is 0 Å². The lowest BCUT2D eigenvalue weighted by molar-refractivity contribution is -0.385. The normalized spacial score (nSPS) is 14.9. The number of carbonyl (C=O) groups excluding carboxylic acids is 1. The SMILES string of the molecule is CC(C)C1=CC(=NOS(=O)(=O)c2cccc([N+](=O)[O-])c2)C=C(C(C)C)C1=O. The second-order valence-electron chi connectivity index (χ2n) is 6.64. The molecule has 0 spiro atoms. The molecule has 0 bridgehead atoms. The molecule has 0 aromatic heterocycles. The smallest absolute Gasteiger partial charge is 0.289 e. The van der Waals surface area contributed by atoms with Crippen molar-refractivity contribution < 1.29 is 22.4 Å². The molecule has 27 heavy (non-hydrogen) atoms. The number of carbonyl (C=O) groups is 1. The van der Waals surface area contributed by atoms with E-state index in [2.05, 4.69) is 5.16 Å². The number of nitro groups is 1. The van der Waals surface area contributed by atoms with Crippen LogP contribution in [-0.2, 0) is 19.2 Å². The number of allylic oxidation sites excluding steroid dienone is 4. The fourth-order valence-corrected chi connectivity index (χ4v) is 3.24. The van der Waals surface area contributed by atoms with Gasteiger partial charge in [-0.2, -0.15) is 8.42 Å². The summed E-state index contributed by atoms with van der Waals surface area (Å²) in [6.45, 7) is 7.41. The molecule has 0 aliphatic heterocycles. The first-order chi connectivity index (χ1) is 12.5. The van der Waals surface area contributed by atoms with Gasteiger partial charge in [0.05, 0.1) is 4.92 Å². The maximum atomic E-state index is 12.5. The summed E-state index contributed by atoms with van der Waals surface area (Å²) in [5, 5.41) is 14.5. The molecule has 1 aromatic carbocycles. The molecule has 0 atom stereocenters. The molecule has 0 saturated heterocycles. The number of ketones is 1. The standard InChI is InChI=1S/C18H20N2O6S/c1-11(2)16-8-13(9-17(12(3)4)18(16)21)19-26-27(24,25)15-7-5-6-14(10-15)20(22)23/h5-12H,1-4H3. The molecule has 0 amide bonds. The third kappa shape index (κ3) is 4.68. The fourth-order valence-electron chi connectivity index (χ4n) is 2.46. The van der Waals surface area contributed by atoms with E-state index >= 15 is 0 Å². The second kappa shape index (κ2) is 7.83. The van der Waals surface area contributed by atoms with Gasteiger partial charge in [0.1, 0.15) is 10.6 Å². The van der Waals surface area contributed by atoms with Crippen LogP contribution in [-0.4, -0.2) is 24.8 Å². The highest BCUT2D eigenvalue weighted by Crippen LogP contribution is 2.25. The fraction of sp³-hybridized carbons (Fsp3) is 0.333.